The Hall–Kier alpha value is -0.790. The molecule has 2 heteroatoms. The summed E-state index contributed by atoms with van der Waals surface area (Å²) in [5.74, 6) is 1.95. The van der Waals surface area contributed by atoms with Crippen molar-refractivity contribution >= 4 is 0 Å². The van der Waals surface area contributed by atoms with Gasteiger partial charge in [-0.05, 0) is 24.7 Å². The first-order valence-electron chi connectivity index (χ1n) is 6.02. The molecule has 2 rings (SSSR count). The molecule has 1 atom stereocenters. The quantitative estimate of drug-likeness (QED) is 0.689. The van der Waals surface area contributed by atoms with Gasteiger partial charge >= 0.3 is 0 Å². The van der Waals surface area contributed by atoms with E-state index in [1.54, 1.807) is 0 Å². The second-order valence-electron chi connectivity index (χ2n) is 6.06. The van der Waals surface area contributed by atoms with Crippen molar-refractivity contribution in [3.05, 3.63) is 17.7 Å². The molecule has 0 bridgehead atoms. The lowest BCUT2D eigenvalue weighted by Crippen LogP contribution is -2.13. The summed E-state index contributed by atoms with van der Waals surface area (Å²) in [7, 11) is 0. The lowest BCUT2D eigenvalue weighted by molar-refractivity contribution is 0.406. The highest BCUT2D eigenvalue weighted by Crippen LogP contribution is 2.28. The molecule has 0 aliphatic carbocycles. The third kappa shape index (κ3) is 2.42. The Morgan fingerprint density at radius 3 is 2.80 bits per heavy atom. The maximum absolute atomic E-state index is 4.78. The van der Waals surface area contributed by atoms with Crippen LogP contribution < -0.4 is 0 Å². The van der Waals surface area contributed by atoms with E-state index in [2.05, 4.69) is 38.5 Å². The van der Waals surface area contributed by atoms with Crippen LogP contribution in [-0.2, 0) is 13.0 Å². The number of aryl methyl sites for hydroxylation is 1. The van der Waals surface area contributed by atoms with E-state index in [1.807, 2.05) is 0 Å². The summed E-state index contributed by atoms with van der Waals surface area (Å²) in [6.07, 6.45) is 5.95. The monoisotopic (exact) mass is 206 g/mol. The molecule has 15 heavy (non-hydrogen) atoms. The fraction of sp³-hybridized carbons (Fsp3) is 0.769. The van der Waals surface area contributed by atoms with Gasteiger partial charge < -0.3 is 4.57 Å². The number of imidazole rings is 1. The van der Waals surface area contributed by atoms with Gasteiger partial charge in [0.1, 0.15) is 5.82 Å². The van der Waals surface area contributed by atoms with Gasteiger partial charge in [0.2, 0.25) is 0 Å². The number of fused-ring (bicyclic) bond motifs is 1. The van der Waals surface area contributed by atoms with Crippen LogP contribution in [0.3, 0.4) is 0 Å². The Morgan fingerprint density at radius 1 is 1.47 bits per heavy atom. The summed E-state index contributed by atoms with van der Waals surface area (Å²) in [5, 5.41) is 0. The Balaban J connectivity index is 2.22. The van der Waals surface area contributed by atoms with Crippen LogP contribution in [0.2, 0.25) is 0 Å². The van der Waals surface area contributed by atoms with Crippen LogP contribution in [-0.4, -0.2) is 9.55 Å². The molecule has 1 aromatic heterocycles. The fourth-order valence-corrected chi connectivity index (χ4v) is 2.38. The summed E-state index contributed by atoms with van der Waals surface area (Å²) in [6, 6.07) is 0. The molecule has 0 amide bonds. The van der Waals surface area contributed by atoms with Gasteiger partial charge in [-0.2, -0.15) is 0 Å². The van der Waals surface area contributed by atoms with Gasteiger partial charge in [0.05, 0.1) is 5.69 Å². The number of rotatable bonds is 1. The van der Waals surface area contributed by atoms with Crippen molar-refractivity contribution in [3.63, 3.8) is 0 Å². The number of aromatic nitrogens is 2. The van der Waals surface area contributed by atoms with Crippen molar-refractivity contribution in [3.8, 4) is 0 Å². The van der Waals surface area contributed by atoms with E-state index in [1.165, 1.54) is 24.4 Å². The van der Waals surface area contributed by atoms with E-state index < -0.39 is 0 Å². The molecule has 2 heterocycles. The maximum atomic E-state index is 4.78. The maximum Gasteiger partial charge on any atom is 0.111 e. The summed E-state index contributed by atoms with van der Waals surface area (Å²) in [4.78, 5) is 4.78. The van der Waals surface area contributed by atoms with Crippen LogP contribution >= 0.6 is 0 Å². The first kappa shape index (κ1) is 10.7. The normalized spacial score (nSPS) is 21.5. The molecule has 1 aliphatic rings. The van der Waals surface area contributed by atoms with Crippen molar-refractivity contribution in [1.82, 2.24) is 9.55 Å². The predicted octanol–water partition coefficient (Wildman–Crippen LogP) is 3.37. The fourth-order valence-electron chi connectivity index (χ4n) is 2.38. The molecule has 1 unspecified atom stereocenters. The van der Waals surface area contributed by atoms with Crippen LogP contribution in [0.5, 0.6) is 0 Å². The zero-order valence-corrected chi connectivity index (χ0v) is 10.4. The van der Waals surface area contributed by atoms with Gasteiger partial charge in [0.25, 0.3) is 0 Å². The Morgan fingerprint density at radius 2 is 2.20 bits per heavy atom. The highest BCUT2D eigenvalue weighted by Gasteiger charge is 2.21. The van der Waals surface area contributed by atoms with E-state index in [0.717, 1.165) is 13.0 Å². The lowest BCUT2D eigenvalue weighted by Gasteiger charge is -2.19. The molecule has 0 spiro atoms. The van der Waals surface area contributed by atoms with Gasteiger partial charge in [-0.3, -0.25) is 0 Å². The molecule has 84 valence electrons. The van der Waals surface area contributed by atoms with Gasteiger partial charge in [0, 0.05) is 18.7 Å². The van der Waals surface area contributed by atoms with E-state index in [9.17, 15) is 0 Å². The Kier molecular flexibility index (Phi) is 2.61. The number of hydrogen-bond acceptors (Lipinski definition) is 1. The summed E-state index contributed by atoms with van der Waals surface area (Å²) < 4.78 is 2.36. The third-order valence-electron chi connectivity index (χ3n) is 3.05. The van der Waals surface area contributed by atoms with E-state index in [0.29, 0.717) is 11.3 Å². The molecule has 0 fully saturated rings. The highest BCUT2D eigenvalue weighted by molar-refractivity contribution is 5.11. The molecular formula is C13H22N2. The largest absolute Gasteiger partial charge is 0.334 e. The third-order valence-corrected chi connectivity index (χ3v) is 3.05. The lowest BCUT2D eigenvalue weighted by atomic mass is 9.91. The molecule has 0 N–H and O–H groups in total. The first-order chi connectivity index (χ1) is 6.96. The van der Waals surface area contributed by atoms with E-state index >= 15 is 0 Å². The average molecular weight is 206 g/mol. The van der Waals surface area contributed by atoms with Crippen LogP contribution in [0.15, 0.2) is 6.20 Å². The first-order valence-corrected chi connectivity index (χ1v) is 6.02. The summed E-state index contributed by atoms with van der Waals surface area (Å²) in [6.45, 7) is 10.3. The van der Waals surface area contributed by atoms with Crippen molar-refractivity contribution in [1.29, 1.82) is 0 Å². The zero-order chi connectivity index (χ0) is 11.1. The Bertz CT molecular complexity index is 344. The minimum Gasteiger partial charge on any atom is -0.334 e. The average Bonchev–Trinajstić information content (AvgIpc) is 2.45. The van der Waals surface area contributed by atoms with Crippen LogP contribution in [0, 0.1) is 5.41 Å². The van der Waals surface area contributed by atoms with Gasteiger partial charge in [0.15, 0.2) is 0 Å². The van der Waals surface area contributed by atoms with Crippen LogP contribution in [0.25, 0.3) is 0 Å². The molecule has 1 aromatic rings. The van der Waals surface area contributed by atoms with Gasteiger partial charge in [-0.25, -0.2) is 4.98 Å². The van der Waals surface area contributed by atoms with Crippen molar-refractivity contribution in [2.45, 2.75) is 59.4 Å². The van der Waals surface area contributed by atoms with E-state index in [4.69, 9.17) is 4.98 Å². The molecule has 0 radical (unpaired) electrons. The zero-order valence-electron chi connectivity index (χ0n) is 10.4. The predicted molar refractivity (Wildman–Crippen MR) is 63.0 cm³/mol. The topological polar surface area (TPSA) is 17.8 Å². The van der Waals surface area contributed by atoms with Gasteiger partial charge in [-0.15, -0.1) is 0 Å². The van der Waals surface area contributed by atoms with Crippen molar-refractivity contribution < 1.29 is 0 Å². The summed E-state index contributed by atoms with van der Waals surface area (Å²) >= 11 is 0. The van der Waals surface area contributed by atoms with Gasteiger partial charge in [-0.1, -0.05) is 27.7 Å². The second kappa shape index (κ2) is 3.66. The van der Waals surface area contributed by atoms with Crippen LogP contribution in [0.4, 0.5) is 0 Å². The molecule has 0 aromatic carbocycles. The summed E-state index contributed by atoms with van der Waals surface area (Å²) in [5.41, 5.74) is 1.61. The van der Waals surface area contributed by atoms with E-state index in [-0.39, 0.29) is 0 Å². The number of hydrogen-bond donors (Lipinski definition) is 0. The molecule has 0 saturated carbocycles. The Labute approximate surface area is 92.7 Å². The molecular weight excluding hydrogens is 184 g/mol. The van der Waals surface area contributed by atoms with Crippen molar-refractivity contribution in [2.75, 3.05) is 0 Å². The minimum atomic E-state index is 0.341. The SMILES string of the molecule is CC1CCCn2cc(CC(C)(C)C)nc21. The van der Waals surface area contributed by atoms with Crippen LogP contribution in [0.1, 0.15) is 58.0 Å². The second-order valence-corrected chi connectivity index (χ2v) is 6.06. The number of nitrogens with zero attached hydrogens (tertiary/aromatic N) is 2. The smallest absolute Gasteiger partial charge is 0.111 e. The molecule has 0 saturated heterocycles. The standard InChI is InChI=1S/C13H22N2/c1-10-6-5-7-15-9-11(14-12(10)15)8-13(2,3)4/h9-10H,5-8H2,1-4H3. The van der Waals surface area contributed by atoms with Crippen molar-refractivity contribution in [2.24, 2.45) is 5.41 Å². The minimum absolute atomic E-state index is 0.341. The molecule has 1 aliphatic heterocycles. The molecule has 2 nitrogen and oxygen atoms in total. The highest BCUT2D eigenvalue weighted by atomic mass is 15.1.